The zero-order valence-electron chi connectivity index (χ0n) is 17.3. The van der Waals surface area contributed by atoms with E-state index in [2.05, 4.69) is 26.5 Å². The number of benzene rings is 3. The van der Waals surface area contributed by atoms with Gasteiger partial charge in [0.1, 0.15) is 12.4 Å². The van der Waals surface area contributed by atoms with Gasteiger partial charge in [0.15, 0.2) is 11.5 Å². The minimum Gasteiger partial charge on any atom is -0.494 e. The van der Waals surface area contributed by atoms with Crippen LogP contribution >= 0.6 is 15.9 Å². The predicted octanol–water partition coefficient (Wildman–Crippen LogP) is 5.20. The van der Waals surface area contributed by atoms with E-state index >= 15 is 0 Å². The van der Waals surface area contributed by atoms with Gasteiger partial charge in [-0.2, -0.15) is 5.10 Å². The molecule has 160 valence electrons. The third kappa shape index (κ3) is 6.58. The Morgan fingerprint density at radius 3 is 2.42 bits per heavy atom. The van der Waals surface area contributed by atoms with Crippen molar-refractivity contribution in [1.29, 1.82) is 0 Å². The quantitative estimate of drug-likeness (QED) is 0.336. The number of amides is 1. The molecule has 0 aliphatic heterocycles. The molecule has 1 N–H and O–H groups in total. The second-order valence-electron chi connectivity index (χ2n) is 6.48. The first-order valence-corrected chi connectivity index (χ1v) is 10.5. The number of carbonyl (C=O) groups is 1. The van der Waals surface area contributed by atoms with Crippen LogP contribution < -0.4 is 19.6 Å². The number of methoxy groups -OCH3 is 1. The minimum absolute atomic E-state index is 0.305. The Labute approximate surface area is 190 Å². The van der Waals surface area contributed by atoms with Crippen molar-refractivity contribution in [3.63, 3.8) is 0 Å². The van der Waals surface area contributed by atoms with Gasteiger partial charge in [0, 0.05) is 10.0 Å². The first kappa shape index (κ1) is 22.4. The average Bonchev–Trinajstić information content (AvgIpc) is 2.79. The molecule has 0 fully saturated rings. The molecule has 7 heteroatoms. The van der Waals surface area contributed by atoms with Crippen LogP contribution in [0.2, 0.25) is 0 Å². The lowest BCUT2D eigenvalue weighted by Gasteiger charge is -2.11. The monoisotopic (exact) mass is 482 g/mol. The molecule has 0 atom stereocenters. The summed E-state index contributed by atoms with van der Waals surface area (Å²) in [4.78, 5) is 12.2. The van der Waals surface area contributed by atoms with E-state index in [1.807, 2.05) is 43.3 Å². The van der Waals surface area contributed by atoms with Crippen LogP contribution in [-0.2, 0) is 6.61 Å². The van der Waals surface area contributed by atoms with Gasteiger partial charge in [-0.25, -0.2) is 5.43 Å². The highest BCUT2D eigenvalue weighted by Gasteiger charge is 2.07. The molecule has 3 rings (SSSR count). The van der Waals surface area contributed by atoms with E-state index < -0.39 is 0 Å². The van der Waals surface area contributed by atoms with Crippen LogP contribution in [0, 0.1) is 0 Å². The van der Waals surface area contributed by atoms with Crippen molar-refractivity contribution in [1.82, 2.24) is 5.43 Å². The Bertz CT molecular complexity index is 1030. The highest BCUT2D eigenvalue weighted by Crippen LogP contribution is 2.28. The third-order valence-corrected chi connectivity index (χ3v) is 4.83. The maximum Gasteiger partial charge on any atom is 0.271 e. The van der Waals surface area contributed by atoms with Gasteiger partial charge in [-0.15, -0.1) is 0 Å². The summed E-state index contributed by atoms with van der Waals surface area (Å²) in [5.74, 6) is 1.62. The van der Waals surface area contributed by atoms with E-state index in [9.17, 15) is 4.79 Å². The maximum atomic E-state index is 12.2. The SMILES string of the molecule is CCOc1ccc(C(=O)N/N=C\c2ccc(OCc3ccc(Br)cc3)c(OC)c2)cc1. The average molecular weight is 483 g/mol. The smallest absolute Gasteiger partial charge is 0.271 e. The molecule has 0 saturated carbocycles. The summed E-state index contributed by atoms with van der Waals surface area (Å²) in [6.45, 7) is 2.91. The predicted molar refractivity (Wildman–Crippen MR) is 124 cm³/mol. The fourth-order valence-electron chi connectivity index (χ4n) is 2.72. The molecule has 0 unspecified atom stereocenters. The maximum absolute atomic E-state index is 12.2. The lowest BCUT2D eigenvalue weighted by atomic mass is 10.2. The fraction of sp³-hybridized carbons (Fsp3) is 0.167. The summed E-state index contributed by atoms with van der Waals surface area (Å²) in [5.41, 5.74) is 4.82. The summed E-state index contributed by atoms with van der Waals surface area (Å²) in [6, 6.07) is 20.2. The molecular weight excluding hydrogens is 460 g/mol. The van der Waals surface area contributed by atoms with Crippen molar-refractivity contribution in [2.24, 2.45) is 5.10 Å². The second-order valence-corrected chi connectivity index (χ2v) is 7.40. The Hall–Kier alpha value is -3.32. The normalized spacial score (nSPS) is 10.7. The van der Waals surface area contributed by atoms with Gasteiger partial charge in [-0.1, -0.05) is 28.1 Å². The van der Waals surface area contributed by atoms with Crippen LogP contribution in [0.25, 0.3) is 0 Å². The van der Waals surface area contributed by atoms with E-state index in [-0.39, 0.29) is 5.91 Å². The van der Waals surface area contributed by atoms with Crippen LogP contribution in [0.4, 0.5) is 0 Å². The van der Waals surface area contributed by atoms with Gasteiger partial charge in [0.05, 0.1) is 19.9 Å². The largest absolute Gasteiger partial charge is 0.494 e. The van der Waals surface area contributed by atoms with Crippen molar-refractivity contribution < 1.29 is 19.0 Å². The molecule has 1 amide bonds. The van der Waals surface area contributed by atoms with Gasteiger partial charge in [0.25, 0.3) is 5.91 Å². The number of rotatable bonds is 9. The Balaban J connectivity index is 1.58. The lowest BCUT2D eigenvalue weighted by Crippen LogP contribution is -2.17. The fourth-order valence-corrected chi connectivity index (χ4v) is 2.99. The van der Waals surface area contributed by atoms with E-state index in [0.717, 1.165) is 21.3 Å². The number of hydrogen-bond acceptors (Lipinski definition) is 5. The summed E-state index contributed by atoms with van der Waals surface area (Å²) >= 11 is 3.42. The van der Waals surface area contributed by atoms with Crippen LogP contribution in [0.15, 0.2) is 76.3 Å². The Kier molecular flexibility index (Phi) is 8.06. The van der Waals surface area contributed by atoms with Crippen molar-refractivity contribution in [3.8, 4) is 17.2 Å². The van der Waals surface area contributed by atoms with Gasteiger partial charge < -0.3 is 14.2 Å². The highest BCUT2D eigenvalue weighted by molar-refractivity contribution is 9.10. The first-order chi connectivity index (χ1) is 15.1. The van der Waals surface area contributed by atoms with Crippen molar-refractivity contribution in [3.05, 3.63) is 87.9 Å². The molecule has 0 bridgehead atoms. The summed E-state index contributed by atoms with van der Waals surface area (Å²) in [5, 5.41) is 4.03. The van der Waals surface area contributed by atoms with Crippen LogP contribution in [0.1, 0.15) is 28.4 Å². The number of hydrogen-bond donors (Lipinski definition) is 1. The number of carbonyl (C=O) groups excluding carboxylic acids is 1. The molecular formula is C24H23BrN2O4. The van der Waals surface area contributed by atoms with Gasteiger partial charge in [-0.05, 0) is 72.6 Å². The molecule has 0 aliphatic carbocycles. The molecule has 0 aliphatic rings. The summed E-state index contributed by atoms with van der Waals surface area (Å²) in [6.07, 6.45) is 1.55. The zero-order valence-corrected chi connectivity index (χ0v) is 18.9. The van der Waals surface area contributed by atoms with Crippen molar-refractivity contribution in [2.75, 3.05) is 13.7 Å². The lowest BCUT2D eigenvalue weighted by molar-refractivity contribution is 0.0955. The molecule has 3 aromatic rings. The zero-order chi connectivity index (χ0) is 22.1. The Morgan fingerprint density at radius 1 is 1.00 bits per heavy atom. The highest BCUT2D eigenvalue weighted by atomic mass is 79.9. The van der Waals surface area contributed by atoms with Crippen molar-refractivity contribution >= 4 is 28.1 Å². The summed E-state index contributed by atoms with van der Waals surface area (Å²) in [7, 11) is 1.58. The van der Waals surface area contributed by atoms with Gasteiger partial charge >= 0.3 is 0 Å². The number of hydrazone groups is 1. The molecule has 6 nitrogen and oxygen atoms in total. The number of nitrogens with zero attached hydrogens (tertiary/aromatic N) is 1. The molecule has 0 saturated heterocycles. The molecule has 0 radical (unpaired) electrons. The molecule has 0 aromatic heterocycles. The molecule has 3 aromatic carbocycles. The van der Waals surface area contributed by atoms with Gasteiger partial charge in [-0.3, -0.25) is 4.79 Å². The minimum atomic E-state index is -0.305. The number of ether oxygens (including phenoxy) is 3. The summed E-state index contributed by atoms with van der Waals surface area (Å²) < 4.78 is 17.7. The third-order valence-electron chi connectivity index (χ3n) is 4.30. The standard InChI is InChI=1S/C24H23BrN2O4/c1-3-30-21-11-7-19(8-12-21)24(28)27-26-15-18-6-13-22(23(14-18)29-2)31-16-17-4-9-20(25)10-5-17/h4-15H,3,16H2,1-2H3,(H,27,28)/b26-15-. The van der Waals surface area contributed by atoms with Crippen LogP contribution in [-0.4, -0.2) is 25.8 Å². The van der Waals surface area contributed by atoms with E-state index in [1.54, 1.807) is 43.7 Å². The van der Waals surface area contributed by atoms with Crippen LogP contribution in [0.5, 0.6) is 17.2 Å². The van der Waals surface area contributed by atoms with Gasteiger partial charge in [0.2, 0.25) is 0 Å². The molecule has 0 heterocycles. The molecule has 31 heavy (non-hydrogen) atoms. The topological polar surface area (TPSA) is 69.2 Å². The first-order valence-electron chi connectivity index (χ1n) is 9.70. The number of halogens is 1. The molecule has 0 spiro atoms. The van der Waals surface area contributed by atoms with Crippen LogP contribution in [0.3, 0.4) is 0 Å². The van der Waals surface area contributed by atoms with E-state index in [1.165, 1.54) is 0 Å². The number of nitrogens with one attached hydrogen (secondary N) is 1. The second kappa shape index (κ2) is 11.2. The van der Waals surface area contributed by atoms with E-state index in [0.29, 0.717) is 30.3 Å². The van der Waals surface area contributed by atoms with E-state index in [4.69, 9.17) is 14.2 Å². The Morgan fingerprint density at radius 2 is 1.74 bits per heavy atom. The van der Waals surface area contributed by atoms with Crippen molar-refractivity contribution in [2.45, 2.75) is 13.5 Å².